The average molecular weight is 285 g/mol. The van der Waals surface area contributed by atoms with Crippen LogP contribution in [0.3, 0.4) is 0 Å². The molecule has 19 heavy (non-hydrogen) atoms. The molecular formula is C18H36S. The Bertz CT molecular complexity index is 259. The largest absolute Gasteiger partial charge is 0.241 e. The number of rotatable bonds is 7. The molecule has 0 heterocycles. The molecule has 0 aliphatic heterocycles. The summed E-state index contributed by atoms with van der Waals surface area (Å²) in [6.07, 6.45) is 20.4. The van der Waals surface area contributed by atoms with E-state index < -0.39 is 0 Å². The van der Waals surface area contributed by atoms with Gasteiger partial charge in [-0.3, -0.25) is 0 Å². The van der Waals surface area contributed by atoms with Crippen molar-refractivity contribution in [1.29, 1.82) is 0 Å². The van der Waals surface area contributed by atoms with Gasteiger partial charge in [-0.1, -0.05) is 58.8 Å². The van der Waals surface area contributed by atoms with Gasteiger partial charge in [0.1, 0.15) is 0 Å². The van der Waals surface area contributed by atoms with Gasteiger partial charge in [0.2, 0.25) is 0 Å². The Morgan fingerprint density at radius 2 is 1.63 bits per heavy atom. The molecule has 0 spiro atoms. The average Bonchev–Trinajstić information content (AvgIpc) is 2.94. The minimum absolute atomic E-state index is 0.368. The molecule has 0 nitrogen and oxygen atoms in total. The maximum Gasteiger partial charge on any atom is -0.0109 e. The Hall–Kier alpha value is 0.350. The van der Waals surface area contributed by atoms with Crippen LogP contribution in [0, 0.1) is 11.8 Å². The molecule has 2 aliphatic rings. The molecule has 2 aliphatic carbocycles. The van der Waals surface area contributed by atoms with Crippen LogP contribution in [0.1, 0.15) is 78.1 Å². The first-order chi connectivity index (χ1) is 9.05. The molecule has 0 amide bonds. The van der Waals surface area contributed by atoms with Crippen LogP contribution in [0.2, 0.25) is 0 Å². The minimum Gasteiger partial charge on any atom is -0.241 e. The van der Waals surface area contributed by atoms with Crippen molar-refractivity contribution in [3.8, 4) is 0 Å². The lowest BCUT2D eigenvalue weighted by atomic mass is 10.0. The quantitative estimate of drug-likeness (QED) is 0.504. The van der Waals surface area contributed by atoms with Gasteiger partial charge in [-0.05, 0) is 54.1 Å². The molecule has 0 N–H and O–H groups in total. The Balaban J connectivity index is 1.80. The fraction of sp³-hybridized carbons (Fsp3) is 1.00. The van der Waals surface area contributed by atoms with Crippen molar-refractivity contribution in [3.63, 3.8) is 0 Å². The van der Waals surface area contributed by atoms with Gasteiger partial charge in [-0.25, -0.2) is 10.0 Å². The van der Waals surface area contributed by atoms with E-state index in [0.29, 0.717) is 0 Å². The minimum atomic E-state index is -0.368. The zero-order valence-electron chi connectivity index (χ0n) is 13.8. The summed E-state index contributed by atoms with van der Waals surface area (Å²) in [4.78, 5) is 0. The summed E-state index contributed by atoms with van der Waals surface area (Å²) in [6.45, 7) is 4.88. The van der Waals surface area contributed by atoms with Gasteiger partial charge >= 0.3 is 0 Å². The highest BCUT2D eigenvalue weighted by Gasteiger charge is 2.42. The van der Waals surface area contributed by atoms with Gasteiger partial charge in [0, 0.05) is 0 Å². The lowest BCUT2D eigenvalue weighted by Gasteiger charge is -2.44. The number of hydrogen-bond acceptors (Lipinski definition) is 0. The molecule has 0 saturated heterocycles. The summed E-state index contributed by atoms with van der Waals surface area (Å²) in [5.41, 5.74) is 0. The zero-order valence-corrected chi connectivity index (χ0v) is 14.6. The van der Waals surface area contributed by atoms with E-state index in [-0.39, 0.29) is 10.0 Å². The number of fused-ring (bicyclic) bond motifs is 1. The van der Waals surface area contributed by atoms with Gasteiger partial charge < -0.3 is 0 Å². The van der Waals surface area contributed by atoms with Crippen LogP contribution >= 0.6 is 10.0 Å². The van der Waals surface area contributed by atoms with E-state index in [2.05, 4.69) is 26.4 Å². The second-order valence-corrected chi connectivity index (χ2v) is 12.1. The maximum absolute atomic E-state index is 2.66. The normalized spacial score (nSPS) is 33.4. The molecular weight excluding hydrogens is 248 g/mol. The van der Waals surface area contributed by atoms with Crippen LogP contribution in [0.5, 0.6) is 0 Å². The topological polar surface area (TPSA) is 0 Å². The van der Waals surface area contributed by atoms with Crippen LogP contribution in [0.25, 0.3) is 0 Å². The summed E-state index contributed by atoms with van der Waals surface area (Å²) >= 11 is 0. The third kappa shape index (κ3) is 3.71. The first-order valence-corrected chi connectivity index (χ1v) is 11.3. The third-order valence-electron chi connectivity index (χ3n) is 6.31. The summed E-state index contributed by atoms with van der Waals surface area (Å²) < 4.78 is 0. The van der Waals surface area contributed by atoms with Crippen molar-refractivity contribution in [2.75, 3.05) is 12.5 Å². The summed E-state index contributed by atoms with van der Waals surface area (Å²) in [5.74, 6) is 2.26. The molecule has 0 aromatic rings. The predicted molar refractivity (Wildman–Crippen MR) is 91.5 cm³/mol. The van der Waals surface area contributed by atoms with E-state index >= 15 is 0 Å². The highest BCUT2D eigenvalue weighted by Crippen LogP contribution is 2.61. The first kappa shape index (κ1) is 15.7. The Kier molecular flexibility index (Phi) is 5.69. The van der Waals surface area contributed by atoms with Gasteiger partial charge in [0.15, 0.2) is 0 Å². The fourth-order valence-corrected chi connectivity index (χ4v) is 7.41. The van der Waals surface area contributed by atoms with Crippen molar-refractivity contribution in [1.82, 2.24) is 0 Å². The highest BCUT2D eigenvalue weighted by molar-refractivity contribution is 8.33. The first-order valence-electron chi connectivity index (χ1n) is 8.76. The van der Waals surface area contributed by atoms with Crippen LogP contribution in [-0.2, 0) is 0 Å². The van der Waals surface area contributed by atoms with Gasteiger partial charge in [-0.2, -0.15) is 0 Å². The SMILES string of the molecule is CCCCCCC(C)S(C)(C)C1CC2CCCC2C1. The monoisotopic (exact) mass is 284 g/mol. The molecule has 2 saturated carbocycles. The van der Waals surface area contributed by atoms with Crippen LogP contribution < -0.4 is 0 Å². The second kappa shape index (κ2) is 6.87. The van der Waals surface area contributed by atoms with Crippen molar-refractivity contribution in [3.05, 3.63) is 0 Å². The maximum atomic E-state index is 2.66. The van der Waals surface area contributed by atoms with E-state index in [1.807, 2.05) is 0 Å². The second-order valence-electron chi connectivity index (χ2n) is 7.69. The standard InChI is InChI=1S/C18H36S/c1-5-6-7-8-10-15(2)19(3,4)18-13-16-11-9-12-17(16)14-18/h15-18H,5-14H2,1-4H3. The smallest absolute Gasteiger partial charge is 0.0109 e. The van der Waals surface area contributed by atoms with Crippen molar-refractivity contribution in [2.24, 2.45) is 11.8 Å². The Morgan fingerprint density at radius 1 is 1.00 bits per heavy atom. The van der Waals surface area contributed by atoms with Crippen molar-refractivity contribution >= 4 is 10.0 Å². The molecule has 3 unspecified atom stereocenters. The van der Waals surface area contributed by atoms with E-state index in [9.17, 15) is 0 Å². The molecule has 2 fully saturated rings. The lowest BCUT2D eigenvalue weighted by Crippen LogP contribution is -2.24. The van der Waals surface area contributed by atoms with Crippen LogP contribution in [0.15, 0.2) is 0 Å². The molecule has 0 aromatic carbocycles. The number of unbranched alkanes of at least 4 members (excludes halogenated alkanes) is 3. The van der Waals surface area contributed by atoms with Crippen molar-refractivity contribution < 1.29 is 0 Å². The molecule has 0 bridgehead atoms. The van der Waals surface area contributed by atoms with Gasteiger partial charge in [0.25, 0.3) is 0 Å². The van der Waals surface area contributed by atoms with Crippen LogP contribution in [-0.4, -0.2) is 23.0 Å². The highest BCUT2D eigenvalue weighted by atomic mass is 32.3. The van der Waals surface area contributed by atoms with E-state index in [1.165, 1.54) is 38.5 Å². The van der Waals surface area contributed by atoms with E-state index in [4.69, 9.17) is 0 Å². The van der Waals surface area contributed by atoms with E-state index in [0.717, 1.165) is 22.3 Å². The fourth-order valence-electron chi connectivity index (χ4n) is 4.49. The summed E-state index contributed by atoms with van der Waals surface area (Å²) in [5, 5.41) is 2.09. The third-order valence-corrected chi connectivity index (χ3v) is 10.7. The molecule has 0 aromatic heterocycles. The molecule has 114 valence electrons. The molecule has 0 radical (unpaired) electrons. The molecule has 2 rings (SSSR count). The molecule has 1 heteroatoms. The predicted octanol–water partition coefficient (Wildman–Crippen LogP) is 5.99. The van der Waals surface area contributed by atoms with E-state index in [1.54, 1.807) is 25.7 Å². The lowest BCUT2D eigenvalue weighted by molar-refractivity contribution is 0.457. The van der Waals surface area contributed by atoms with Gasteiger partial charge in [0.05, 0.1) is 0 Å². The summed E-state index contributed by atoms with van der Waals surface area (Å²) in [6, 6.07) is 0. The van der Waals surface area contributed by atoms with Crippen LogP contribution in [0.4, 0.5) is 0 Å². The molecule has 3 atom stereocenters. The van der Waals surface area contributed by atoms with Crippen molar-refractivity contribution in [2.45, 2.75) is 88.6 Å². The summed E-state index contributed by atoms with van der Waals surface area (Å²) in [7, 11) is -0.368. The zero-order chi connectivity index (χ0) is 13.9. The number of hydrogen-bond donors (Lipinski definition) is 0. The Labute approximate surface area is 123 Å². The Morgan fingerprint density at radius 3 is 2.21 bits per heavy atom. The van der Waals surface area contributed by atoms with Gasteiger partial charge in [-0.15, -0.1) is 0 Å².